The summed E-state index contributed by atoms with van der Waals surface area (Å²) in [4.78, 5) is 35.5. The Morgan fingerprint density at radius 1 is 0.833 bits per heavy atom. The van der Waals surface area contributed by atoms with Crippen LogP contribution in [-0.2, 0) is 33.3 Å². The molecular weight excluding hydrogens is 486 g/mol. The number of aromatic nitrogens is 3. The molecule has 0 amide bonds. The Morgan fingerprint density at radius 3 is 2.03 bits per heavy atom. The highest BCUT2D eigenvalue weighted by molar-refractivity contribution is 7.99. The van der Waals surface area contributed by atoms with Crippen molar-refractivity contribution in [3.8, 4) is 17.1 Å². The van der Waals surface area contributed by atoms with Crippen LogP contribution in [-0.4, -0.2) is 63.0 Å². The predicted molar refractivity (Wildman–Crippen MR) is 129 cm³/mol. The zero-order chi connectivity index (χ0) is 25.7. The zero-order valence-electron chi connectivity index (χ0n) is 19.9. The smallest absolute Gasteiger partial charge is 0.303 e. The van der Waals surface area contributed by atoms with Crippen molar-refractivity contribution in [2.24, 2.45) is 0 Å². The van der Waals surface area contributed by atoms with E-state index in [0.717, 1.165) is 23.0 Å². The summed E-state index contributed by atoms with van der Waals surface area (Å²) in [6.45, 7) is 3.63. The highest BCUT2D eigenvalue weighted by atomic mass is 32.2. The second-order valence-electron chi connectivity index (χ2n) is 7.96. The van der Waals surface area contributed by atoms with Crippen molar-refractivity contribution in [3.63, 3.8) is 0 Å². The number of esters is 3. The predicted octanol–water partition coefficient (Wildman–Crippen LogP) is 3.18. The summed E-state index contributed by atoms with van der Waals surface area (Å²) in [5.74, 6) is -1.19. The van der Waals surface area contributed by atoms with Crippen LogP contribution in [0.15, 0.2) is 65.8 Å². The molecule has 0 spiro atoms. The standard InChI is InChI=1S/C25H25N3O7S/c1-15(29)33-20-14-32-24(22(35-17(3)31)21(20)34-16(2)30)36-25-27-26-23(18-10-6-4-7-11-18)28(25)19-12-8-5-9-13-19/h4-13,20-22,24H,14H2,1-3H3/t20-,21+,22-,24+/m1/s1. The van der Waals surface area contributed by atoms with Crippen molar-refractivity contribution in [1.82, 2.24) is 14.8 Å². The van der Waals surface area contributed by atoms with Crippen LogP contribution < -0.4 is 0 Å². The van der Waals surface area contributed by atoms with Gasteiger partial charge in [0.15, 0.2) is 34.7 Å². The number of benzene rings is 2. The number of nitrogens with zero attached hydrogens (tertiary/aromatic N) is 3. The Balaban J connectivity index is 1.72. The molecule has 4 rings (SSSR count). The molecule has 0 saturated carbocycles. The van der Waals surface area contributed by atoms with Crippen molar-refractivity contribution in [2.45, 2.75) is 49.7 Å². The van der Waals surface area contributed by atoms with Crippen molar-refractivity contribution in [1.29, 1.82) is 0 Å². The molecule has 3 aromatic rings. The Bertz CT molecular complexity index is 1220. The van der Waals surface area contributed by atoms with E-state index in [0.29, 0.717) is 11.0 Å². The first-order valence-corrected chi connectivity index (χ1v) is 12.1. The minimum Gasteiger partial charge on any atom is -0.456 e. The average Bonchev–Trinajstić information content (AvgIpc) is 3.26. The summed E-state index contributed by atoms with van der Waals surface area (Å²) in [5.41, 5.74) is 0.841. The molecule has 11 heteroatoms. The third-order valence-corrected chi connectivity index (χ3v) is 6.32. The van der Waals surface area contributed by atoms with Crippen molar-refractivity contribution in [3.05, 3.63) is 60.7 Å². The maximum absolute atomic E-state index is 12.0. The highest BCUT2D eigenvalue weighted by Gasteiger charge is 2.47. The van der Waals surface area contributed by atoms with Gasteiger partial charge < -0.3 is 18.9 Å². The molecule has 36 heavy (non-hydrogen) atoms. The number of ether oxygens (including phenoxy) is 4. The van der Waals surface area contributed by atoms with E-state index >= 15 is 0 Å². The number of thioether (sulfide) groups is 1. The van der Waals surface area contributed by atoms with Gasteiger partial charge in [0.05, 0.1) is 6.61 Å². The summed E-state index contributed by atoms with van der Waals surface area (Å²) < 4.78 is 24.1. The summed E-state index contributed by atoms with van der Waals surface area (Å²) >= 11 is 1.16. The normalized spacial score (nSPS) is 21.4. The summed E-state index contributed by atoms with van der Waals surface area (Å²) in [6.07, 6.45) is -3.08. The van der Waals surface area contributed by atoms with Crippen LogP contribution in [0.5, 0.6) is 0 Å². The molecule has 0 N–H and O–H groups in total. The Hall–Kier alpha value is -3.70. The molecule has 188 valence electrons. The monoisotopic (exact) mass is 511 g/mol. The van der Waals surface area contributed by atoms with E-state index in [9.17, 15) is 14.4 Å². The van der Waals surface area contributed by atoms with Gasteiger partial charge in [-0.25, -0.2) is 0 Å². The quantitative estimate of drug-likeness (QED) is 0.346. The lowest BCUT2D eigenvalue weighted by atomic mass is 10.1. The molecule has 1 aromatic heterocycles. The van der Waals surface area contributed by atoms with Crippen LogP contribution in [0.3, 0.4) is 0 Å². The van der Waals surface area contributed by atoms with Gasteiger partial charge in [-0.2, -0.15) is 0 Å². The lowest BCUT2D eigenvalue weighted by Gasteiger charge is -2.39. The van der Waals surface area contributed by atoms with E-state index in [1.807, 2.05) is 65.2 Å². The molecule has 4 atom stereocenters. The van der Waals surface area contributed by atoms with Crippen molar-refractivity contribution >= 4 is 29.7 Å². The average molecular weight is 512 g/mol. The SMILES string of the molecule is CC(=O)O[C@@H]1[C@@H](OC(C)=O)[C@H](Sc2nnc(-c3ccccc3)n2-c2ccccc2)OC[C@H]1OC(C)=O. The molecule has 1 saturated heterocycles. The number of carbonyl (C=O) groups is 3. The molecule has 1 aliphatic heterocycles. The van der Waals surface area contributed by atoms with Gasteiger partial charge in [0.25, 0.3) is 0 Å². The molecule has 0 unspecified atom stereocenters. The molecule has 0 bridgehead atoms. The van der Waals surface area contributed by atoms with Gasteiger partial charge >= 0.3 is 17.9 Å². The topological polar surface area (TPSA) is 119 Å². The number of hydrogen-bond donors (Lipinski definition) is 0. The molecule has 2 heterocycles. The Kier molecular flexibility index (Phi) is 8.01. The van der Waals surface area contributed by atoms with Crippen LogP contribution in [0.2, 0.25) is 0 Å². The summed E-state index contributed by atoms with van der Waals surface area (Å²) in [6, 6.07) is 19.1. The second kappa shape index (κ2) is 11.4. The van der Waals surface area contributed by atoms with E-state index in [4.69, 9.17) is 18.9 Å². The minimum atomic E-state index is -1.07. The van der Waals surface area contributed by atoms with Gasteiger partial charge in [-0.05, 0) is 23.9 Å². The number of carbonyl (C=O) groups excluding carboxylic acids is 3. The van der Waals surface area contributed by atoms with Gasteiger partial charge in [-0.1, -0.05) is 48.5 Å². The van der Waals surface area contributed by atoms with Gasteiger partial charge in [-0.15, -0.1) is 10.2 Å². The van der Waals surface area contributed by atoms with Gasteiger partial charge in [0, 0.05) is 32.0 Å². The van der Waals surface area contributed by atoms with Gasteiger partial charge in [0.1, 0.15) is 0 Å². The fourth-order valence-electron chi connectivity index (χ4n) is 3.84. The largest absolute Gasteiger partial charge is 0.456 e. The van der Waals surface area contributed by atoms with Crippen LogP contribution in [0.25, 0.3) is 17.1 Å². The van der Waals surface area contributed by atoms with E-state index in [2.05, 4.69) is 10.2 Å². The fraction of sp³-hybridized carbons (Fsp3) is 0.320. The molecule has 10 nitrogen and oxygen atoms in total. The molecule has 0 radical (unpaired) electrons. The first-order chi connectivity index (χ1) is 17.3. The Labute approximate surface area is 211 Å². The molecule has 1 aliphatic rings. The first-order valence-electron chi connectivity index (χ1n) is 11.2. The summed E-state index contributed by atoms with van der Waals surface area (Å²) in [7, 11) is 0. The zero-order valence-corrected chi connectivity index (χ0v) is 20.7. The second-order valence-corrected chi connectivity index (χ2v) is 9.02. The third kappa shape index (κ3) is 5.92. The lowest BCUT2D eigenvalue weighted by molar-refractivity contribution is -0.213. The van der Waals surface area contributed by atoms with E-state index in [1.165, 1.54) is 20.8 Å². The molecular formula is C25H25N3O7S. The lowest BCUT2D eigenvalue weighted by Crippen LogP contribution is -2.56. The van der Waals surface area contributed by atoms with E-state index in [1.54, 1.807) is 0 Å². The number of para-hydroxylation sites is 1. The van der Waals surface area contributed by atoms with E-state index in [-0.39, 0.29) is 6.61 Å². The highest BCUT2D eigenvalue weighted by Crippen LogP contribution is 2.36. The van der Waals surface area contributed by atoms with Crippen molar-refractivity contribution in [2.75, 3.05) is 6.61 Å². The van der Waals surface area contributed by atoms with Gasteiger partial charge in [-0.3, -0.25) is 19.0 Å². The van der Waals surface area contributed by atoms with Crippen LogP contribution in [0.4, 0.5) is 0 Å². The molecule has 0 aliphatic carbocycles. The van der Waals surface area contributed by atoms with Crippen LogP contribution in [0.1, 0.15) is 20.8 Å². The van der Waals surface area contributed by atoms with Crippen LogP contribution in [0, 0.1) is 0 Å². The van der Waals surface area contributed by atoms with Crippen molar-refractivity contribution < 1.29 is 33.3 Å². The number of rotatable bonds is 7. The molecule has 1 fully saturated rings. The Morgan fingerprint density at radius 2 is 1.42 bits per heavy atom. The maximum Gasteiger partial charge on any atom is 0.303 e. The third-order valence-electron chi connectivity index (χ3n) is 5.21. The number of hydrogen-bond acceptors (Lipinski definition) is 10. The summed E-state index contributed by atoms with van der Waals surface area (Å²) in [5, 5.41) is 9.27. The van der Waals surface area contributed by atoms with E-state index < -0.39 is 41.7 Å². The fourth-order valence-corrected chi connectivity index (χ4v) is 4.93. The first kappa shape index (κ1) is 25.4. The van der Waals surface area contributed by atoms with Crippen LogP contribution >= 0.6 is 11.8 Å². The maximum atomic E-state index is 12.0. The van der Waals surface area contributed by atoms with Gasteiger partial charge in [0.2, 0.25) is 0 Å². The minimum absolute atomic E-state index is 0.0715. The molecule has 2 aromatic carbocycles.